The van der Waals surface area contributed by atoms with Crippen LogP contribution < -0.4 is 0 Å². The minimum Gasteiger partial charge on any atom is -0.264 e. The van der Waals surface area contributed by atoms with Gasteiger partial charge in [-0.05, 0) is 110 Å². The molecule has 10 aromatic rings. The largest absolute Gasteiger partial charge is 0.264 e. The molecule has 3 heterocycles. The average molecular weight is 768 g/mol. The van der Waals surface area contributed by atoms with Gasteiger partial charge in [0.2, 0.25) is 0 Å². The fraction of sp³-hybridized carbons (Fsp3) is 0. The minimum absolute atomic E-state index is 0.603. The van der Waals surface area contributed by atoms with Crippen LogP contribution in [0.25, 0.3) is 101 Å². The molecular formula is C55H37N5. The Labute approximate surface area is 349 Å². The maximum Gasteiger partial charge on any atom is 0.164 e. The Morgan fingerprint density at radius 2 is 0.467 bits per heavy atom. The van der Waals surface area contributed by atoms with Crippen molar-refractivity contribution >= 4 is 0 Å². The normalized spacial score (nSPS) is 11.0. The van der Waals surface area contributed by atoms with E-state index >= 15 is 0 Å². The van der Waals surface area contributed by atoms with Gasteiger partial charge < -0.3 is 0 Å². The first-order chi connectivity index (χ1) is 29.7. The van der Waals surface area contributed by atoms with Gasteiger partial charge in [0.05, 0.1) is 0 Å². The number of hydrogen-bond acceptors (Lipinski definition) is 5. The highest BCUT2D eigenvalue weighted by Gasteiger charge is 2.16. The molecular weight excluding hydrogens is 731 g/mol. The van der Waals surface area contributed by atoms with Crippen LogP contribution in [0.15, 0.2) is 225 Å². The molecule has 282 valence electrons. The van der Waals surface area contributed by atoms with Crippen LogP contribution in [0.5, 0.6) is 0 Å². The van der Waals surface area contributed by atoms with Crippen molar-refractivity contribution in [3.05, 3.63) is 225 Å². The second-order valence-corrected chi connectivity index (χ2v) is 14.6. The topological polar surface area (TPSA) is 64.5 Å². The van der Waals surface area contributed by atoms with Gasteiger partial charge >= 0.3 is 0 Å². The molecule has 0 N–H and O–H groups in total. The Morgan fingerprint density at radius 3 is 0.817 bits per heavy atom. The Morgan fingerprint density at radius 1 is 0.200 bits per heavy atom. The summed E-state index contributed by atoms with van der Waals surface area (Å²) in [5.74, 6) is 1.85. The van der Waals surface area contributed by atoms with E-state index in [-0.39, 0.29) is 0 Å². The summed E-state index contributed by atoms with van der Waals surface area (Å²) < 4.78 is 0. The second kappa shape index (κ2) is 16.4. The lowest BCUT2D eigenvalue weighted by Gasteiger charge is -2.14. The van der Waals surface area contributed by atoms with E-state index in [1.165, 1.54) is 0 Å². The lowest BCUT2D eigenvalue weighted by atomic mass is 9.92. The van der Waals surface area contributed by atoms with E-state index in [0.717, 1.165) is 83.5 Å². The van der Waals surface area contributed by atoms with Crippen LogP contribution in [0.2, 0.25) is 0 Å². The van der Waals surface area contributed by atoms with Gasteiger partial charge in [-0.2, -0.15) is 0 Å². The van der Waals surface area contributed by atoms with E-state index in [1.807, 2.05) is 85.2 Å². The predicted molar refractivity (Wildman–Crippen MR) is 244 cm³/mol. The molecule has 0 unspecified atom stereocenters. The van der Waals surface area contributed by atoms with Crippen molar-refractivity contribution in [1.82, 2.24) is 24.9 Å². The quantitative estimate of drug-likeness (QED) is 0.146. The molecule has 5 heteroatoms. The fourth-order valence-corrected chi connectivity index (χ4v) is 7.61. The Hall–Kier alpha value is -8.15. The van der Waals surface area contributed by atoms with Gasteiger partial charge in [0.25, 0.3) is 0 Å². The number of hydrogen-bond donors (Lipinski definition) is 0. The third-order valence-electron chi connectivity index (χ3n) is 10.7. The second-order valence-electron chi connectivity index (χ2n) is 14.6. The van der Waals surface area contributed by atoms with Crippen LogP contribution in [0.1, 0.15) is 0 Å². The summed E-state index contributed by atoms with van der Waals surface area (Å²) in [4.78, 5) is 24.0. The van der Waals surface area contributed by atoms with Crippen molar-refractivity contribution in [1.29, 1.82) is 0 Å². The van der Waals surface area contributed by atoms with E-state index in [2.05, 4.69) is 137 Å². The predicted octanol–water partition coefficient (Wildman–Crippen LogP) is 13.7. The zero-order chi connectivity index (χ0) is 40.1. The minimum atomic E-state index is 0.603. The van der Waals surface area contributed by atoms with Crippen molar-refractivity contribution in [2.75, 3.05) is 0 Å². The molecule has 7 aromatic carbocycles. The fourth-order valence-electron chi connectivity index (χ4n) is 7.61. The van der Waals surface area contributed by atoms with Gasteiger partial charge in [0.15, 0.2) is 17.5 Å². The third kappa shape index (κ3) is 7.76. The van der Waals surface area contributed by atoms with Gasteiger partial charge in [-0.3, -0.25) is 9.97 Å². The molecule has 5 nitrogen and oxygen atoms in total. The smallest absolute Gasteiger partial charge is 0.164 e. The molecule has 0 saturated carbocycles. The van der Waals surface area contributed by atoms with Crippen molar-refractivity contribution in [2.24, 2.45) is 0 Å². The van der Waals surface area contributed by atoms with E-state index in [4.69, 9.17) is 15.0 Å². The Kier molecular flexibility index (Phi) is 9.88. The van der Waals surface area contributed by atoms with Crippen molar-refractivity contribution in [3.63, 3.8) is 0 Å². The highest BCUT2D eigenvalue weighted by atomic mass is 15.0. The molecule has 0 amide bonds. The van der Waals surface area contributed by atoms with Crippen LogP contribution in [-0.2, 0) is 0 Å². The lowest BCUT2D eigenvalue weighted by Crippen LogP contribution is -2.00. The van der Waals surface area contributed by atoms with Crippen LogP contribution in [0, 0.1) is 0 Å². The average Bonchev–Trinajstić information content (AvgIpc) is 3.35. The summed E-state index contributed by atoms with van der Waals surface area (Å²) in [5, 5.41) is 0. The molecule has 0 saturated heterocycles. The summed E-state index contributed by atoms with van der Waals surface area (Å²) in [6, 6.07) is 69.8. The van der Waals surface area contributed by atoms with Crippen molar-refractivity contribution in [2.45, 2.75) is 0 Å². The Bertz CT molecular complexity index is 2880. The van der Waals surface area contributed by atoms with Crippen LogP contribution in [-0.4, -0.2) is 24.9 Å². The van der Waals surface area contributed by atoms with Crippen molar-refractivity contribution < 1.29 is 0 Å². The molecule has 0 spiro atoms. The van der Waals surface area contributed by atoms with Crippen LogP contribution in [0.4, 0.5) is 0 Å². The highest BCUT2D eigenvalue weighted by Crippen LogP contribution is 2.37. The zero-order valence-corrected chi connectivity index (χ0v) is 32.6. The van der Waals surface area contributed by atoms with Gasteiger partial charge in [-0.25, -0.2) is 15.0 Å². The highest BCUT2D eigenvalue weighted by molar-refractivity contribution is 5.84. The third-order valence-corrected chi connectivity index (χ3v) is 10.7. The maximum atomic E-state index is 5.14. The molecule has 0 aliphatic carbocycles. The molecule has 0 aliphatic rings. The summed E-state index contributed by atoms with van der Waals surface area (Å²) >= 11 is 0. The molecule has 0 atom stereocenters. The molecule has 0 radical (unpaired) electrons. The van der Waals surface area contributed by atoms with E-state index in [9.17, 15) is 0 Å². The number of benzene rings is 7. The molecule has 0 fully saturated rings. The first-order valence-corrected chi connectivity index (χ1v) is 20.0. The van der Waals surface area contributed by atoms with E-state index in [1.54, 1.807) is 12.4 Å². The first-order valence-electron chi connectivity index (χ1n) is 20.0. The first kappa shape index (κ1) is 36.2. The van der Waals surface area contributed by atoms with Gasteiger partial charge in [-0.1, -0.05) is 146 Å². The number of nitrogens with zero attached hydrogens (tertiary/aromatic N) is 5. The zero-order valence-electron chi connectivity index (χ0n) is 32.6. The summed E-state index contributed by atoms with van der Waals surface area (Å²) in [5.41, 5.74) is 16.0. The van der Waals surface area contributed by atoms with Gasteiger partial charge in [-0.15, -0.1) is 0 Å². The van der Waals surface area contributed by atoms with Gasteiger partial charge in [0.1, 0.15) is 0 Å². The van der Waals surface area contributed by atoms with E-state index in [0.29, 0.717) is 17.5 Å². The Balaban J connectivity index is 1.13. The lowest BCUT2D eigenvalue weighted by molar-refractivity contribution is 1.07. The molecule has 10 rings (SSSR count). The van der Waals surface area contributed by atoms with E-state index < -0.39 is 0 Å². The maximum absolute atomic E-state index is 5.14. The number of aromatic nitrogens is 5. The van der Waals surface area contributed by atoms with Gasteiger partial charge in [0, 0.05) is 52.6 Å². The molecule has 3 aromatic heterocycles. The standard InChI is InChI=1S/C55H37N5/c1-3-13-38(14-4-1)53-58-54(39-15-5-2-6-16-39)60-55(59-53)52-34-50(46-23-9-19-42(31-46)40-17-7-21-44(29-40)48-25-11-27-56-36-48)33-51(35-52)47-24-10-20-43(32-47)41-18-8-22-45(30-41)49-26-12-28-57-37-49/h1-37H. The summed E-state index contributed by atoms with van der Waals surface area (Å²) in [6.45, 7) is 0. The summed E-state index contributed by atoms with van der Waals surface area (Å²) in [6.07, 6.45) is 7.42. The number of pyridine rings is 2. The molecule has 60 heavy (non-hydrogen) atoms. The van der Waals surface area contributed by atoms with Crippen LogP contribution >= 0.6 is 0 Å². The van der Waals surface area contributed by atoms with Crippen molar-refractivity contribution in [3.8, 4) is 101 Å². The molecule has 0 bridgehead atoms. The van der Waals surface area contributed by atoms with Crippen LogP contribution in [0.3, 0.4) is 0 Å². The SMILES string of the molecule is c1ccc(-c2nc(-c3ccccc3)nc(-c3cc(-c4cccc(-c5cccc(-c6cccnc6)c5)c4)cc(-c4cccc(-c5cccc(-c6cccnc6)c5)c4)c3)n2)cc1. The monoisotopic (exact) mass is 767 g/mol. The number of rotatable bonds is 9. The molecule has 0 aliphatic heterocycles. The summed E-state index contributed by atoms with van der Waals surface area (Å²) in [7, 11) is 0.